The quantitative estimate of drug-likeness (QED) is 0.131. The highest BCUT2D eigenvalue weighted by molar-refractivity contribution is 5.89. The van der Waals surface area contributed by atoms with Gasteiger partial charge in [0.15, 0.2) is 25.0 Å². The van der Waals surface area contributed by atoms with Crippen LogP contribution in [0, 0.1) is 17.8 Å². The monoisotopic (exact) mass is 899 g/mol. The molecule has 16 heteroatoms. The van der Waals surface area contributed by atoms with Gasteiger partial charge in [0.05, 0.1) is 36.0 Å². The van der Waals surface area contributed by atoms with E-state index in [4.69, 9.17) is 42.6 Å². The molecule has 4 heterocycles. The summed E-state index contributed by atoms with van der Waals surface area (Å²) in [6.45, 7) is 8.40. The number of amides is 3. The second kappa shape index (κ2) is 20.9. The van der Waals surface area contributed by atoms with Crippen LogP contribution in [-0.4, -0.2) is 110 Å². The number of carbonyl (C=O) groups excluding carboxylic acids is 4. The third-order valence-corrected chi connectivity index (χ3v) is 13.2. The Balaban J connectivity index is 1.01. The highest BCUT2D eigenvalue weighted by atomic mass is 16.8. The number of nitrogens with one attached hydrogen (secondary N) is 2. The summed E-state index contributed by atoms with van der Waals surface area (Å²) in [7, 11) is 1.66. The zero-order valence-corrected chi connectivity index (χ0v) is 37.5. The van der Waals surface area contributed by atoms with E-state index >= 15 is 0 Å². The first-order valence-corrected chi connectivity index (χ1v) is 22.8. The molecule has 9 unspecified atom stereocenters. The number of benzene rings is 3. The van der Waals surface area contributed by atoms with Gasteiger partial charge < -0.3 is 53.3 Å². The number of alkyl carbamates (subject to hydrolysis) is 2. The van der Waals surface area contributed by atoms with Crippen LogP contribution in [0.5, 0.6) is 0 Å². The van der Waals surface area contributed by atoms with E-state index in [1.807, 2.05) is 67.6 Å². The van der Waals surface area contributed by atoms with Crippen LogP contribution >= 0.6 is 0 Å². The maximum absolute atomic E-state index is 13.6. The zero-order chi connectivity index (χ0) is 45.6. The van der Waals surface area contributed by atoms with Crippen molar-refractivity contribution in [3.05, 3.63) is 108 Å². The fourth-order valence-electron chi connectivity index (χ4n) is 9.74. The molecule has 65 heavy (non-hydrogen) atoms. The summed E-state index contributed by atoms with van der Waals surface area (Å²) >= 11 is 0. The van der Waals surface area contributed by atoms with E-state index < -0.39 is 91.8 Å². The van der Waals surface area contributed by atoms with E-state index in [0.29, 0.717) is 17.9 Å². The molecule has 0 aromatic heterocycles. The van der Waals surface area contributed by atoms with Crippen LogP contribution in [0.3, 0.4) is 0 Å². The summed E-state index contributed by atoms with van der Waals surface area (Å²) in [5.74, 6) is -0.372. The van der Waals surface area contributed by atoms with Gasteiger partial charge in [0.25, 0.3) is 0 Å². The van der Waals surface area contributed by atoms with Crippen LogP contribution in [0.15, 0.2) is 91.0 Å². The first kappa shape index (κ1) is 46.3. The Morgan fingerprint density at radius 2 is 1.22 bits per heavy atom. The van der Waals surface area contributed by atoms with E-state index in [2.05, 4.69) is 31.4 Å². The summed E-state index contributed by atoms with van der Waals surface area (Å²) in [5, 5.41) is 5.87. The van der Waals surface area contributed by atoms with Crippen molar-refractivity contribution in [2.24, 2.45) is 17.8 Å². The highest BCUT2D eigenvalue weighted by Gasteiger charge is 2.60. The molecule has 3 aromatic rings. The van der Waals surface area contributed by atoms with Crippen molar-refractivity contribution in [3.8, 4) is 0 Å². The molecule has 5 aliphatic rings. The fourth-order valence-corrected chi connectivity index (χ4v) is 9.74. The van der Waals surface area contributed by atoms with E-state index in [1.165, 1.54) is 4.90 Å². The SMILES string of the molecule is CCC1O[C@H](OC2O[C@H]3CC(C)[C@@H](O[C@H]4CC(OC(=O)c5ccccc5)[C@H](NC(=O)OCc5ccccc5)CC4NC(=O)OCc4ccccc4)OC3C3OC(=O)N(C)C23)C(C)C[C@@H]1C. The predicted molar refractivity (Wildman–Crippen MR) is 233 cm³/mol. The van der Waals surface area contributed by atoms with Crippen molar-refractivity contribution in [1.29, 1.82) is 0 Å². The summed E-state index contributed by atoms with van der Waals surface area (Å²) in [6, 6.07) is 24.8. The Morgan fingerprint density at radius 3 is 1.83 bits per heavy atom. The topological polar surface area (TPSA) is 179 Å². The molecular formula is C49H61N3O13. The molecule has 16 nitrogen and oxygen atoms in total. The number of rotatable bonds is 13. The lowest BCUT2D eigenvalue weighted by Crippen LogP contribution is -2.65. The number of hydrogen-bond donors (Lipinski definition) is 2. The molecule has 0 radical (unpaired) electrons. The number of fused-ring (bicyclic) bond motifs is 3. The molecule has 4 aliphatic heterocycles. The predicted octanol–water partition coefficient (Wildman–Crippen LogP) is 7.09. The third-order valence-electron chi connectivity index (χ3n) is 13.2. The van der Waals surface area contributed by atoms with Crippen molar-refractivity contribution in [3.63, 3.8) is 0 Å². The highest BCUT2D eigenvalue weighted by Crippen LogP contribution is 2.43. The van der Waals surface area contributed by atoms with Crippen molar-refractivity contribution in [1.82, 2.24) is 15.5 Å². The molecule has 15 atom stereocenters. The van der Waals surface area contributed by atoms with E-state index in [-0.39, 0.29) is 44.0 Å². The van der Waals surface area contributed by atoms with E-state index in [1.54, 1.807) is 37.4 Å². The number of hydrogen-bond acceptors (Lipinski definition) is 13. The van der Waals surface area contributed by atoms with Gasteiger partial charge in [-0.25, -0.2) is 19.2 Å². The van der Waals surface area contributed by atoms with Crippen molar-refractivity contribution in [2.45, 2.75) is 147 Å². The lowest BCUT2D eigenvalue weighted by atomic mass is 9.85. The second-order valence-electron chi connectivity index (χ2n) is 18.0. The Hall–Kier alpha value is -5.26. The molecule has 8 rings (SSSR count). The van der Waals surface area contributed by atoms with Gasteiger partial charge in [-0.15, -0.1) is 0 Å². The molecule has 2 N–H and O–H groups in total. The van der Waals surface area contributed by atoms with E-state index in [9.17, 15) is 19.2 Å². The van der Waals surface area contributed by atoms with Gasteiger partial charge >= 0.3 is 24.2 Å². The van der Waals surface area contributed by atoms with Crippen LogP contribution < -0.4 is 10.6 Å². The molecule has 0 spiro atoms. The van der Waals surface area contributed by atoms with Gasteiger partial charge in [0, 0.05) is 25.3 Å². The minimum atomic E-state index is -0.925. The molecule has 4 saturated heterocycles. The second-order valence-corrected chi connectivity index (χ2v) is 18.0. The van der Waals surface area contributed by atoms with E-state index in [0.717, 1.165) is 24.0 Å². The first-order valence-electron chi connectivity index (χ1n) is 22.8. The molecular weight excluding hydrogens is 839 g/mol. The number of ether oxygens (including phenoxy) is 9. The largest absolute Gasteiger partial charge is 0.456 e. The summed E-state index contributed by atoms with van der Waals surface area (Å²) in [5.41, 5.74) is 1.91. The molecule has 5 fully saturated rings. The number of esters is 1. The van der Waals surface area contributed by atoms with Gasteiger partial charge in [0.1, 0.15) is 31.5 Å². The van der Waals surface area contributed by atoms with Crippen molar-refractivity contribution in [2.75, 3.05) is 7.05 Å². The lowest BCUT2D eigenvalue weighted by molar-refractivity contribution is -0.365. The normalized spacial score (nSPS) is 34.3. The summed E-state index contributed by atoms with van der Waals surface area (Å²) in [6.07, 6.45) is -5.53. The Bertz CT molecular complexity index is 2070. The third kappa shape index (κ3) is 11.1. The van der Waals surface area contributed by atoms with Crippen LogP contribution in [-0.2, 0) is 55.8 Å². The molecule has 350 valence electrons. The number of nitrogens with zero attached hydrogens (tertiary/aromatic N) is 1. The van der Waals surface area contributed by atoms with Crippen molar-refractivity contribution >= 4 is 24.2 Å². The Morgan fingerprint density at radius 1 is 0.646 bits per heavy atom. The number of likely N-dealkylation sites (N-methyl/N-ethyl adjacent to an activating group) is 1. The zero-order valence-electron chi connectivity index (χ0n) is 37.5. The Labute approximate surface area is 379 Å². The minimum absolute atomic E-state index is 0.0157. The maximum atomic E-state index is 13.6. The fraction of sp³-hybridized carbons (Fsp3) is 0.551. The van der Waals surface area contributed by atoms with Gasteiger partial charge in [-0.2, -0.15) is 0 Å². The molecule has 3 amide bonds. The van der Waals surface area contributed by atoms with Gasteiger partial charge in [-0.3, -0.25) is 4.90 Å². The average Bonchev–Trinajstić information content (AvgIpc) is 3.61. The molecule has 3 aromatic carbocycles. The molecule has 0 bridgehead atoms. The standard InChI is InChI=1S/C49H61N3O13/c1-6-36-28(2)22-29(3)45(60-36)65-46-40-42(64-49(56)52(40)5)41-39(62-46)23-30(4)44(63-41)61-38-25-37(59-43(53)33-20-14-9-15-21-33)34(50-47(54)57-26-31-16-10-7-11-17-31)24-35(38)51-48(55)58-27-32-18-12-8-13-19-32/h7-21,28-30,34-42,44-46H,6,22-27H2,1-5H3,(H,50,54)(H,51,55)/t28-,29?,30?,34+,35?,36?,37?,38-,39-,40?,41?,42?,44-,45+,46?/m0/s1. The maximum Gasteiger partial charge on any atom is 0.410 e. The van der Waals surface area contributed by atoms with Gasteiger partial charge in [-0.1, -0.05) is 107 Å². The summed E-state index contributed by atoms with van der Waals surface area (Å²) < 4.78 is 56.7. The minimum Gasteiger partial charge on any atom is -0.456 e. The molecule has 1 aliphatic carbocycles. The smallest absolute Gasteiger partial charge is 0.410 e. The Kier molecular flexibility index (Phi) is 14.9. The van der Waals surface area contributed by atoms with Crippen LogP contribution in [0.2, 0.25) is 0 Å². The van der Waals surface area contributed by atoms with Crippen LogP contribution in [0.1, 0.15) is 81.3 Å². The van der Waals surface area contributed by atoms with Crippen molar-refractivity contribution < 1.29 is 61.8 Å². The lowest BCUT2D eigenvalue weighted by Gasteiger charge is -2.50. The van der Waals surface area contributed by atoms with Gasteiger partial charge in [0.2, 0.25) is 0 Å². The average molecular weight is 900 g/mol. The number of carbonyl (C=O) groups is 4. The molecule has 1 saturated carbocycles. The van der Waals surface area contributed by atoms with Crippen LogP contribution in [0.4, 0.5) is 14.4 Å². The summed E-state index contributed by atoms with van der Waals surface area (Å²) in [4.78, 5) is 55.2. The van der Waals surface area contributed by atoms with Gasteiger partial charge in [-0.05, 0) is 54.9 Å². The first-order chi connectivity index (χ1) is 31.4. The van der Waals surface area contributed by atoms with Crippen LogP contribution in [0.25, 0.3) is 0 Å².